The number of para-hydroxylation sites is 2. The third-order valence-corrected chi connectivity index (χ3v) is 3.29. The first-order valence-electron chi connectivity index (χ1n) is 5.94. The fraction of sp³-hybridized carbons (Fsp3) is 0.538. The van der Waals surface area contributed by atoms with Crippen molar-refractivity contribution in [3.63, 3.8) is 0 Å². The Bertz CT molecular complexity index is 332. The molecule has 16 heavy (non-hydrogen) atoms. The second kappa shape index (κ2) is 5.21. The number of phenolic OH excluding ortho intramolecular Hbond substituents is 1. The molecule has 0 bridgehead atoms. The zero-order chi connectivity index (χ0) is 11.4. The number of hydrogen-bond acceptors (Lipinski definition) is 3. The molecule has 0 aliphatic heterocycles. The summed E-state index contributed by atoms with van der Waals surface area (Å²) in [6.45, 7) is 0.781. The molecule has 3 heteroatoms. The van der Waals surface area contributed by atoms with Crippen molar-refractivity contribution in [2.45, 2.75) is 31.8 Å². The fourth-order valence-corrected chi connectivity index (χ4v) is 2.22. The zero-order valence-electron chi connectivity index (χ0n) is 9.43. The van der Waals surface area contributed by atoms with E-state index in [-0.39, 0.29) is 11.9 Å². The molecule has 1 aliphatic carbocycles. The molecule has 3 nitrogen and oxygen atoms in total. The van der Waals surface area contributed by atoms with Gasteiger partial charge in [0.2, 0.25) is 0 Å². The first-order chi connectivity index (χ1) is 7.79. The summed E-state index contributed by atoms with van der Waals surface area (Å²) in [4.78, 5) is 0. The van der Waals surface area contributed by atoms with E-state index < -0.39 is 0 Å². The number of ether oxygens (including phenoxy) is 1. The van der Waals surface area contributed by atoms with Crippen molar-refractivity contribution in [2.75, 3.05) is 6.54 Å². The third kappa shape index (κ3) is 2.67. The van der Waals surface area contributed by atoms with Crippen molar-refractivity contribution < 1.29 is 9.84 Å². The monoisotopic (exact) mass is 221 g/mol. The number of rotatable bonds is 3. The van der Waals surface area contributed by atoms with E-state index in [4.69, 9.17) is 10.5 Å². The summed E-state index contributed by atoms with van der Waals surface area (Å²) in [7, 11) is 0. The molecule has 3 N–H and O–H groups in total. The van der Waals surface area contributed by atoms with Crippen LogP contribution in [0.1, 0.15) is 25.7 Å². The van der Waals surface area contributed by atoms with Crippen LogP contribution in [-0.2, 0) is 0 Å². The molecular weight excluding hydrogens is 202 g/mol. The molecule has 1 aromatic carbocycles. The maximum absolute atomic E-state index is 9.59. The first kappa shape index (κ1) is 11.3. The van der Waals surface area contributed by atoms with E-state index in [1.807, 2.05) is 12.1 Å². The summed E-state index contributed by atoms with van der Waals surface area (Å²) in [6, 6.07) is 7.14. The molecule has 0 radical (unpaired) electrons. The molecule has 0 heterocycles. The predicted molar refractivity (Wildman–Crippen MR) is 63.5 cm³/mol. The molecule has 0 atom stereocenters. The van der Waals surface area contributed by atoms with Gasteiger partial charge in [-0.3, -0.25) is 0 Å². The van der Waals surface area contributed by atoms with Crippen LogP contribution >= 0.6 is 0 Å². The van der Waals surface area contributed by atoms with E-state index in [9.17, 15) is 5.11 Å². The average molecular weight is 221 g/mol. The summed E-state index contributed by atoms with van der Waals surface area (Å²) in [5.41, 5.74) is 5.64. The van der Waals surface area contributed by atoms with Gasteiger partial charge < -0.3 is 15.6 Å². The van der Waals surface area contributed by atoms with Crippen LogP contribution in [0.25, 0.3) is 0 Å². The van der Waals surface area contributed by atoms with Gasteiger partial charge in [0.25, 0.3) is 0 Å². The molecule has 1 aromatic rings. The van der Waals surface area contributed by atoms with Gasteiger partial charge in [-0.1, -0.05) is 12.1 Å². The van der Waals surface area contributed by atoms with Gasteiger partial charge in [-0.05, 0) is 50.3 Å². The minimum absolute atomic E-state index is 0.225. The highest BCUT2D eigenvalue weighted by Crippen LogP contribution is 2.31. The number of hydrogen-bond donors (Lipinski definition) is 2. The smallest absolute Gasteiger partial charge is 0.161 e. The quantitative estimate of drug-likeness (QED) is 0.823. The molecular formula is C13H19NO2. The van der Waals surface area contributed by atoms with Gasteiger partial charge in [-0.25, -0.2) is 0 Å². The third-order valence-electron chi connectivity index (χ3n) is 3.29. The van der Waals surface area contributed by atoms with Crippen LogP contribution in [0, 0.1) is 5.92 Å². The number of nitrogens with two attached hydrogens (primary N) is 1. The lowest BCUT2D eigenvalue weighted by molar-refractivity contribution is 0.129. The summed E-state index contributed by atoms with van der Waals surface area (Å²) >= 11 is 0. The van der Waals surface area contributed by atoms with E-state index in [0.717, 1.165) is 32.2 Å². The standard InChI is InChI=1S/C13H19NO2/c14-9-10-5-7-11(8-6-10)16-13-4-2-1-3-12(13)15/h1-4,10-11,15H,5-9,14H2. The van der Waals surface area contributed by atoms with Crippen molar-refractivity contribution in [2.24, 2.45) is 11.7 Å². The molecule has 0 saturated heterocycles. The highest BCUT2D eigenvalue weighted by molar-refractivity contribution is 5.38. The second-order valence-electron chi connectivity index (χ2n) is 4.46. The fourth-order valence-electron chi connectivity index (χ4n) is 2.22. The van der Waals surface area contributed by atoms with Gasteiger partial charge in [0.05, 0.1) is 6.10 Å². The highest BCUT2D eigenvalue weighted by Gasteiger charge is 2.21. The predicted octanol–water partition coefficient (Wildman–Crippen LogP) is 2.29. The van der Waals surface area contributed by atoms with Crippen molar-refractivity contribution in [1.82, 2.24) is 0 Å². The Morgan fingerprint density at radius 1 is 1.19 bits per heavy atom. The van der Waals surface area contributed by atoms with E-state index in [2.05, 4.69) is 0 Å². The Morgan fingerprint density at radius 3 is 2.50 bits per heavy atom. The Morgan fingerprint density at radius 2 is 1.88 bits per heavy atom. The SMILES string of the molecule is NCC1CCC(Oc2ccccc2O)CC1. The Balaban J connectivity index is 1.89. The van der Waals surface area contributed by atoms with Gasteiger partial charge in [0, 0.05) is 0 Å². The molecule has 0 spiro atoms. The largest absolute Gasteiger partial charge is 0.504 e. The lowest BCUT2D eigenvalue weighted by Gasteiger charge is -2.28. The molecule has 0 amide bonds. The molecule has 2 rings (SSSR count). The number of phenols is 1. The minimum Gasteiger partial charge on any atom is -0.504 e. The van der Waals surface area contributed by atoms with Crippen LogP contribution in [0.3, 0.4) is 0 Å². The van der Waals surface area contributed by atoms with Crippen LogP contribution in [0.5, 0.6) is 11.5 Å². The van der Waals surface area contributed by atoms with Crippen LogP contribution in [-0.4, -0.2) is 17.8 Å². The second-order valence-corrected chi connectivity index (χ2v) is 4.46. The van der Waals surface area contributed by atoms with E-state index in [0.29, 0.717) is 11.7 Å². The lowest BCUT2D eigenvalue weighted by atomic mass is 9.87. The molecule has 1 fully saturated rings. The molecule has 1 saturated carbocycles. The minimum atomic E-state index is 0.225. The van der Waals surface area contributed by atoms with Crippen molar-refractivity contribution in [3.8, 4) is 11.5 Å². The van der Waals surface area contributed by atoms with Crippen molar-refractivity contribution >= 4 is 0 Å². The van der Waals surface area contributed by atoms with Crippen LogP contribution in [0.4, 0.5) is 0 Å². The topological polar surface area (TPSA) is 55.5 Å². The van der Waals surface area contributed by atoms with Crippen LogP contribution < -0.4 is 10.5 Å². The maximum atomic E-state index is 9.59. The van der Waals surface area contributed by atoms with E-state index in [1.54, 1.807) is 12.1 Å². The molecule has 0 aromatic heterocycles. The van der Waals surface area contributed by atoms with Gasteiger partial charge in [-0.2, -0.15) is 0 Å². The lowest BCUT2D eigenvalue weighted by Crippen LogP contribution is -2.27. The molecule has 1 aliphatic rings. The summed E-state index contributed by atoms with van der Waals surface area (Å²) in [5, 5.41) is 9.59. The van der Waals surface area contributed by atoms with Crippen LogP contribution in [0.2, 0.25) is 0 Å². The Labute approximate surface area is 96.2 Å². The Kier molecular flexibility index (Phi) is 3.67. The van der Waals surface area contributed by atoms with Crippen molar-refractivity contribution in [1.29, 1.82) is 0 Å². The van der Waals surface area contributed by atoms with Gasteiger partial charge in [-0.15, -0.1) is 0 Å². The average Bonchev–Trinajstić information content (AvgIpc) is 2.33. The molecule has 88 valence electrons. The van der Waals surface area contributed by atoms with Gasteiger partial charge >= 0.3 is 0 Å². The summed E-state index contributed by atoms with van der Waals surface area (Å²) < 4.78 is 5.79. The van der Waals surface area contributed by atoms with E-state index in [1.165, 1.54) is 0 Å². The van der Waals surface area contributed by atoms with Gasteiger partial charge in [0.15, 0.2) is 11.5 Å². The van der Waals surface area contributed by atoms with Crippen molar-refractivity contribution in [3.05, 3.63) is 24.3 Å². The summed E-state index contributed by atoms with van der Waals surface area (Å²) in [6.07, 6.45) is 4.58. The van der Waals surface area contributed by atoms with E-state index >= 15 is 0 Å². The maximum Gasteiger partial charge on any atom is 0.161 e. The van der Waals surface area contributed by atoms with Crippen LogP contribution in [0.15, 0.2) is 24.3 Å². The van der Waals surface area contributed by atoms with Gasteiger partial charge in [0.1, 0.15) is 0 Å². The molecule has 0 unspecified atom stereocenters. The number of aromatic hydroxyl groups is 1. The highest BCUT2D eigenvalue weighted by atomic mass is 16.5. The Hall–Kier alpha value is -1.22. The normalized spacial score (nSPS) is 25.3. The zero-order valence-corrected chi connectivity index (χ0v) is 9.43. The summed E-state index contributed by atoms with van der Waals surface area (Å²) in [5.74, 6) is 1.48. The number of benzene rings is 1. The first-order valence-corrected chi connectivity index (χ1v) is 5.94.